The van der Waals surface area contributed by atoms with E-state index < -0.39 is 11.7 Å². The molecule has 0 radical (unpaired) electrons. The SMILES string of the molecule is O=C(Nc1ccc2c(c1)OCCO2)c1ccc(N2C[C@H]3C[C@H](C2)c2cccc(=O)n2C3)c(NC(=O)c2ccc(F)cc2)c1. The van der Waals surface area contributed by atoms with E-state index in [4.69, 9.17) is 9.47 Å². The number of anilines is 3. The molecule has 9 nitrogen and oxygen atoms in total. The number of carbonyl (C=O) groups excluding carboxylic acids is 2. The van der Waals surface area contributed by atoms with Gasteiger partial charge in [-0.3, -0.25) is 14.4 Å². The Balaban J connectivity index is 1.19. The number of carbonyl (C=O) groups is 2. The van der Waals surface area contributed by atoms with Crippen LogP contribution in [0.1, 0.15) is 38.7 Å². The summed E-state index contributed by atoms with van der Waals surface area (Å²) in [4.78, 5) is 41.3. The molecule has 2 amide bonds. The van der Waals surface area contributed by atoms with Gasteiger partial charge in [-0.25, -0.2) is 4.39 Å². The molecule has 7 rings (SSSR count). The van der Waals surface area contributed by atoms with Gasteiger partial charge in [-0.15, -0.1) is 0 Å². The first-order chi connectivity index (χ1) is 20.9. The molecular formula is C33H29FN4O5. The summed E-state index contributed by atoms with van der Waals surface area (Å²) in [6.07, 6.45) is 0.979. The Bertz CT molecular complexity index is 1790. The van der Waals surface area contributed by atoms with Gasteiger partial charge < -0.3 is 29.6 Å². The third-order valence-electron chi connectivity index (χ3n) is 8.23. The van der Waals surface area contributed by atoms with Gasteiger partial charge in [0.05, 0.1) is 11.4 Å². The van der Waals surface area contributed by atoms with Crippen LogP contribution in [0.3, 0.4) is 0 Å². The molecule has 218 valence electrons. The maximum Gasteiger partial charge on any atom is 0.255 e. The summed E-state index contributed by atoms with van der Waals surface area (Å²) >= 11 is 0. The molecule has 3 aromatic carbocycles. The highest BCUT2D eigenvalue weighted by Gasteiger charge is 2.35. The van der Waals surface area contributed by atoms with E-state index in [1.54, 1.807) is 42.5 Å². The molecule has 0 saturated carbocycles. The maximum absolute atomic E-state index is 13.5. The number of hydrogen-bond acceptors (Lipinski definition) is 6. The quantitative estimate of drug-likeness (QED) is 0.349. The van der Waals surface area contributed by atoms with E-state index in [-0.39, 0.29) is 23.3 Å². The Kier molecular flexibility index (Phi) is 6.81. The molecule has 0 aliphatic carbocycles. The zero-order chi connectivity index (χ0) is 29.5. The fraction of sp³-hybridized carbons (Fsp3) is 0.242. The smallest absolute Gasteiger partial charge is 0.255 e. The summed E-state index contributed by atoms with van der Waals surface area (Å²) in [6.45, 7) is 2.89. The highest BCUT2D eigenvalue weighted by molar-refractivity contribution is 6.09. The molecule has 43 heavy (non-hydrogen) atoms. The largest absolute Gasteiger partial charge is 0.486 e. The van der Waals surface area contributed by atoms with E-state index in [1.807, 2.05) is 16.7 Å². The number of ether oxygens (including phenoxy) is 2. The number of fused-ring (bicyclic) bond motifs is 5. The van der Waals surface area contributed by atoms with Gasteiger partial charge in [-0.05, 0) is 73.0 Å². The lowest BCUT2D eigenvalue weighted by Gasteiger charge is -2.44. The zero-order valence-electron chi connectivity index (χ0n) is 23.2. The summed E-state index contributed by atoms with van der Waals surface area (Å²) < 4.78 is 26.6. The minimum atomic E-state index is -0.436. The second-order valence-corrected chi connectivity index (χ2v) is 11.1. The maximum atomic E-state index is 13.5. The summed E-state index contributed by atoms with van der Waals surface area (Å²) in [5.41, 5.74) is 3.46. The highest BCUT2D eigenvalue weighted by atomic mass is 19.1. The van der Waals surface area contributed by atoms with Crippen LogP contribution in [0.5, 0.6) is 11.5 Å². The Morgan fingerprint density at radius 3 is 2.40 bits per heavy atom. The average Bonchev–Trinajstić information content (AvgIpc) is 3.01. The van der Waals surface area contributed by atoms with E-state index in [2.05, 4.69) is 15.5 Å². The molecule has 3 aliphatic rings. The molecule has 1 fully saturated rings. The monoisotopic (exact) mass is 580 g/mol. The van der Waals surface area contributed by atoms with Gasteiger partial charge in [-0.1, -0.05) is 6.07 Å². The third-order valence-corrected chi connectivity index (χ3v) is 8.23. The van der Waals surface area contributed by atoms with Gasteiger partial charge in [0.15, 0.2) is 11.5 Å². The number of nitrogens with zero attached hydrogens (tertiary/aromatic N) is 2. The Morgan fingerprint density at radius 1 is 0.791 bits per heavy atom. The van der Waals surface area contributed by atoms with Gasteiger partial charge in [0, 0.05) is 60.2 Å². The van der Waals surface area contributed by atoms with Crippen molar-refractivity contribution < 1.29 is 23.5 Å². The van der Waals surface area contributed by atoms with Gasteiger partial charge in [0.25, 0.3) is 17.4 Å². The topological polar surface area (TPSA) is 102 Å². The highest BCUT2D eigenvalue weighted by Crippen LogP contribution is 2.40. The lowest BCUT2D eigenvalue weighted by atomic mass is 9.83. The van der Waals surface area contributed by atoms with Crippen LogP contribution >= 0.6 is 0 Å². The summed E-state index contributed by atoms with van der Waals surface area (Å²) in [7, 11) is 0. The second kappa shape index (κ2) is 10.9. The van der Waals surface area contributed by atoms with Crippen molar-refractivity contribution in [3.05, 3.63) is 112 Å². The standard InChI is InChI=1S/C33H29FN4O5/c34-24-7-4-21(5-8-24)32(40)36-26-15-22(33(41)35-25-9-11-29-30(16-25)43-13-12-42-29)6-10-28(26)37-17-20-14-23(19-37)27-2-1-3-31(39)38(27)18-20/h1-11,15-16,20,23H,12-14,17-19H2,(H,35,41)(H,36,40)/t20-,23-/m1/s1. The molecule has 10 heteroatoms. The molecule has 1 aromatic heterocycles. The van der Waals surface area contributed by atoms with E-state index in [0.29, 0.717) is 66.8 Å². The fourth-order valence-electron chi connectivity index (χ4n) is 6.27. The number of rotatable bonds is 5. The van der Waals surface area contributed by atoms with Gasteiger partial charge in [-0.2, -0.15) is 0 Å². The molecule has 2 N–H and O–H groups in total. The molecule has 0 unspecified atom stereocenters. The summed E-state index contributed by atoms with van der Waals surface area (Å²) in [6, 6.07) is 21.2. The molecule has 2 atom stereocenters. The second-order valence-electron chi connectivity index (χ2n) is 11.1. The number of hydrogen-bond donors (Lipinski definition) is 2. The predicted molar refractivity (Wildman–Crippen MR) is 160 cm³/mol. The van der Waals surface area contributed by atoms with E-state index in [0.717, 1.165) is 17.8 Å². The number of aromatic nitrogens is 1. The molecule has 4 heterocycles. The summed E-state index contributed by atoms with van der Waals surface area (Å²) in [5.74, 6) is 0.383. The first-order valence-electron chi connectivity index (χ1n) is 14.3. The van der Waals surface area contributed by atoms with Crippen LogP contribution in [0, 0.1) is 11.7 Å². The van der Waals surface area contributed by atoms with Crippen LogP contribution in [0.2, 0.25) is 0 Å². The van der Waals surface area contributed by atoms with Gasteiger partial charge >= 0.3 is 0 Å². The van der Waals surface area contributed by atoms with Crippen LogP contribution in [-0.4, -0.2) is 42.7 Å². The van der Waals surface area contributed by atoms with Crippen molar-refractivity contribution >= 4 is 28.9 Å². The van der Waals surface area contributed by atoms with Gasteiger partial charge in [0.1, 0.15) is 19.0 Å². The van der Waals surface area contributed by atoms with Crippen molar-refractivity contribution in [3.63, 3.8) is 0 Å². The summed E-state index contributed by atoms with van der Waals surface area (Å²) in [5, 5.41) is 5.86. The van der Waals surface area contributed by atoms with Crippen molar-refractivity contribution in [1.29, 1.82) is 0 Å². The average molecular weight is 581 g/mol. The first kappa shape index (κ1) is 26.8. The van der Waals surface area contributed by atoms with Crippen LogP contribution in [-0.2, 0) is 6.54 Å². The zero-order valence-corrected chi connectivity index (χ0v) is 23.2. The van der Waals surface area contributed by atoms with Crippen LogP contribution in [0.4, 0.5) is 21.5 Å². The molecule has 4 aromatic rings. The van der Waals surface area contributed by atoms with Crippen molar-refractivity contribution in [2.45, 2.75) is 18.9 Å². The first-order valence-corrected chi connectivity index (χ1v) is 14.3. The van der Waals surface area contributed by atoms with Crippen LogP contribution < -0.4 is 30.6 Å². The van der Waals surface area contributed by atoms with E-state index in [9.17, 15) is 18.8 Å². The Labute approximate surface area is 246 Å². The number of piperidine rings is 1. The third kappa shape index (κ3) is 5.31. The fourth-order valence-corrected chi connectivity index (χ4v) is 6.27. The lowest BCUT2D eigenvalue weighted by Crippen LogP contribution is -2.47. The number of halogens is 1. The van der Waals surface area contributed by atoms with Crippen LogP contribution in [0.25, 0.3) is 0 Å². The number of amides is 2. The Hall–Kier alpha value is -5.12. The number of benzene rings is 3. The molecular weight excluding hydrogens is 551 g/mol. The Morgan fingerprint density at radius 2 is 1.56 bits per heavy atom. The van der Waals surface area contributed by atoms with Crippen LogP contribution in [0.15, 0.2) is 83.7 Å². The number of nitrogens with one attached hydrogen (secondary N) is 2. The van der Waals surface area contributed by atoms with E-state index >= 15 is 0 Å². The lowest BCUT2D eigenvalue weighted by molar-refractivity contribution is 0.101. The predicted octanol–water partition coefficient (Wildman–Crippen LogP) is 4.89. The molecule has 0 spiro atoms. The molecule has 3 aliphatic heterocycles. The van der Waals surface area contributed by atoms with E-state index in [1.165, 1.54) is 24.3 Å². The molecule has 1 saturated heterocycles. The van der Waals surface area contributed by atoms with Crippen molar-refractivity contribution in [3.8, 4) is 11.5 Å². The van der Waals surface area contributed by atoms with Crippen molar-refractivity contribution in [2.75, 3.05) is 41.8 Å². The minimum absolute atomic E-state index is 0.0151. The minimum Gasteiger partial charge on any atom is -0.486 e. The van der Waals surface area contributed by atoms with Crippen molar-refractivity contribution in [2.24, 2.45) is 5.92 Å². The van der Waals surface area contributed by atoms with Gasteiger partial charge in [0.2, 0.25) is 0 Å². The normalized spacial score (nSPS) is 18.4. The number of pyridine rings is 1. The van der Waals surface area contributed by atoms with Crippen molar-refractivity contribution in [1.82, 2.24) is 4.57 Å². The molecule has 2 bridgehead atoms.